The molecule has 6 nitrogen and oxygen atoms in total. The molecule has 1 aliphatic rings. The standard InChI is InChI=1S/C27H28N4O2/c1-17-11-13-21(14-12-17)31-19(3)18(2)25-26(31)28-16-30(27(25)33)15-24(32)29-23-10-6-8-20-7-4-5-9-22(20)23/h4-5,7,9,11-14,16,23H,6,8,10,15H2,1-3H3,(H,29,32). The molecule has 2 aromatic heterocycles. The van der Waals surface area contributed by atoms with Crippen LogP contribution in [0.4, 0.5) is 0 Å². The first-order valence-corrected chi connectivity index (χ1v) is 11.5. The molecule has 1 aliphatic carbocycles. The van der Waals surface area contributed by atoms with Gasteiger partial charge < -0.3 is 5.32 Å². The zero-order chi connectivity index (χ0) is 23.1. The van der Waals surface area contributed by atoms with Gasteiger partial charge in [0.25, 0.3) is 5.56 Å². The van der Waals surface area contributed by atoms with Gasteiger partial charge in [-0.3, -0.25) is 18.7 Å². The number of fused-ring (bicyclic) bond motifs is 2. The van der Waals surface area contributed by atoms with Crippen molar-refractivity contribution in [1.82, 2.24) is 19.4 Å². The van der Waals surface area contributed by atoms with Crippen molar-refractivity contribution < 1.29 is 4.79 Å². The van der Waals surface area contributed by atoms with Crippen molar-refractivity contribution in [2.45, 2.75) is 52.6 Å². The van der Waals surface area contributed by atoms with Crippen LogP contribution in [-0.4, -0.2) is 20.0 Å². The molecular weight excluding hydrogens is 412 g/mol. The number of aryl methyl sites for hydroxylation is 3. The molecule has 2 aromatic carbocycles. The van der Waals surface area contributed by atoms with Crippen LogP contribution in [0.3, 0.4) is 0 Å². The molecule has 33 heavy (non-hydrogen) atoms. The van der Waals surface area contributed by atoms with Gasteiger partial charge in [0.15, 0.2) is 5.65 Å². The van der Waals surface area contributed by atoms with Crippen LogP contribution in [0, 0.1) is 20.8 Å². The number of nitrogens with zero attached hydrogens (tertiary/aromatic N) is 3. The van der Waals surface area contributed by atoms with E-state index in [2.05, 4.69) is 22.4 Å². The minimum atomic E-state index is -0.189. The minimum absolute atomic E-state index is 0.0126. The Bertz CT molecular complexity index is 1410. The molecule has 4 aromatic rings. The van der Waals surface area contributed by atoms with Crippen LogP contribution in [0.1, 0.15) is 46.8 Å². The SMILES string of the molecule is Cc1ccc(-n2c(C)c(C)c3c(=O)n(CC(=O)NC4CCCc5ccccc54)cnc32)cc1. The number of hydrogen-bond donors (Lipinski definition) is 1. The highest BCUT2D eigenvalue weighted by Gasteiger charge is 2.23. The van der Waals surface area contributed by atoms with Crippen molar-refractivity contribution in [3.05, 3.63) is 93.2 Å². The number of aromatic nitrogens is 3. The van der Waals surface area contributed by atoms with Gasteiger partial charge in [-0.05, 0) is 68.9 Å². The lowest BCUT2D eigenvalue weighted by atomic mass is 9.88. The van der Waals surface area contributed by atoms with Crippen molar-refractivity contribution in [3.63, 3.8) is 0 Å². The lowest BCUT2D eigenvalue weighted by molar-refractivity contribution is -0.122. The fraction of sp³-hybridized carbons (Fsp3) is 0.296. The molecule has 1 unspecified atom stereocenters. The molecule has 6 heteroatoms. The molecule has 0 spiro atoms. The highest BCUT2D eigenvalue weighted by atomic mass is 16.2. The maximum Gasteiger partial charge on any atom is 0.263 e. The second-order valence-corrected chi connectivity index (χ2v) is 8.97. The number of amides is 1. The summed E-state index contributed by atoms with van der Waals surface area (Å²) in [5.41, 5.74) is 6.90. The predicted molar refractivity (Wildman–Crippen MR) is 130 cm³/mol. The summed E-state index contributed by atoms with van der Waals surface area (Å²) in [4.78, 5) is 30.8. The Morgan fingerprint density at radius 3 is 2.64 bits per heavy atom. The fourth-order valence-corrected chi connectivity index (χ4v) is 4.91. The van der Waals surface area contributed by atoms with E-state index in [1.54, 1.807) is 0 Å². The third-order valence-corrected chi connectivity index (χ3v) is 6.79. The van der Waals surface area contributed by atoms with Gasteiger partial charge in [0, 0.05) is 11.4 Å². The number of benzene rings is 2. The highest BCUT2D eigenvalue weighted by molar-refractivity contribution is 5.83. The lowest BCUT2D eigenvalue weighted by Crippen LogP contribution is -2.36. The van der Waals surface area contributed by atoms with Gasteiger partial charge in [-0.2, -0.15) is 0 Å². The van der Waals surface area contributed by atoms with E-state index in [4.69, 9.17) is 0 Å². The normalized spacial score (nSPS) is 15.4. The molecule has 0 bridgehead atoms. The second kappa shape index (κ2) is 8.35. The molecule has 1 atom stereocenters. The molecule has 0 aliphatic heterocycles. The summed E-state index contributed by atoms with van der Waals surface area (Å²) in [5, 5.41) is 3.69. The van der Waals surface area contributed by atoms with Crippen molar-refractivity contribution in [2.75, 3.05) is 0 Å². The molecule has 0 saturated heterocycles. The van der Waals surface area contributed by atoms with Gasteiger partial charge in [0.2, 0.25) is 5.91 Å². The Labute approximate surface area is 192 Å². The summed E-state index contributed by atoms with van der Waals surface area (Å²) in [7, 11) is 0. The second-order valence-electron chi connectivity index (χ2n) is 8.97. The molecule has 0 radical (unpaired) electrons. The summed E-state index contributed by atoms with van der Waals surface area (Å²) in [6.07, 6.45) is 4.48. The quantitative estimate of drug-likeness (QED) is 0.514. The molecule has 1 amide bonds. The Hall–Kier alpha value is -3.67. The topological polar surface area (TPSA) is 68.9 Å². The largest absolute Gasteiger partial charge is 0.348 e. The van der Waals surface area contributed by atoms with Crippen LogP contribution < -0.4 is 10.9 Å². The van der Waals surface area contributed by atoms with Crippen LogP contribution >= 0.6 is 0 Å². The highest BCUT2D eigenvalue weighted by Crippen LogP contribution is 2.29. The number of carbonyl (C=O) groups is 1. The van der Waals surface area contributed by atoms with Crippen molar-refractivity contribution >= 4 is 16.9 Å². The van der Waals surface area contributed by atoms with Crippen LogP contribution in [0.5, 0.6) is 0 Å². The number of carbonyl (C=O) groups excluding carboxylic acids is 1. The summed E-state index contributed by atoms with van der Waals surface area (Å²) in [5.74, 6) is -0.174. The summed E-state index contributed by atoms with van der Waals surface area (Å²) in [6, 6.07) is 16.4. The fourth-order valence-electron chi connectivity index (χ4n) is 4.91. The van der Waals surface area contributed by atoms with E-state index in [1.165, 1.54) is 27.6 Å². The van der Waals surface area contributed by atoms with Gasteiger partial charge in [0.05, 0.1) is 11.4 Å². The lowest BCUT2D eigenvalue weighted by Gasteiger charge is -2.26. The molecule has 0 fully saturated rings. The molecule has 2 heterocycles. The van der Waals surface area contributed by atoms with E-state index in [9.17, 15) is 9.59 Å². The van der Waals surface area contributed by atoms with Gasteiger partial charge >= 0.3 is 0 Å². The van der Waals surface area contributed by atoms with Crippen molar-refractivity contribution in [3.8, 4) is 5.69 Å². The van der Waals surface area contributed by atoms with Crippen LogP contribution in [0.25, 0.3) is 16.7 Å². The third kappa shape index (κ3) is 3.75. The summed E-state index contributed by atoms with van der Waals surface area (Å²) >= 11 is 0. The zero-order valence-corrected chi connectivity index (χ0v) is 19.3. The smallest absolute Gasteiger partial charge is 0.263 e. The van der Waals surface area contributed by atoms with Crippen molar-refractivity contribution in [2.24, 2.45) is 0 Å². The third-order valence-electron chi connectivity index (χ3n) is 6.79. The van der Waals surface area contributed by atoms with Crippen LogP contribution in [-0.2, 0) is 17.8 Å². The van der Waals surface area contributed by atoms with Gasteiger partial charge in [0.1, 0.15) is 12.9 Å². The summed E-state index contributed by atoms with van der Waals surface area (Å²) < 4.78 is 3.42. The van der Waals surface area contributed by atoms with E-state index < -0.39 is 0 Å². The number of hydrogen-bond acceptors (Lipinski definition) is 3. The average Bonchev–Trinajstić information content (AvgIpc) is 3.07. The molecule has 5 rings (SSSR count). The van der Waals surface area contributed by atoms with E-state index in [-0.39, 0.29) is 24.1 Å². The Morgan fingerprint density at radius 2 is 1.85 bits per heavy atom. The first-order chi connectivity index (χ1) is 15.9. The van der Waals surface area contributed by atoms with Crippen LogP contribution in [0.2, 0.25) is 0 Å². The maximum absolute atomic E-state index is 13.4. The maximum atomic E-state index is 13.4. The molecule has 1 N–H and O–H groups in total. The van der Waals surface area contributed by atoms with Crippen molar-refractivity contribution in [1.29, 1.82) is 0 Å². The van der Waals surface area contributed by atoms with Gasteiger partial charge in [-0.1, -0.05) is 42.0 Å². The van der Waals surface area contributed by atoms with E-state index in [0.717, 1.165) is 36.2 Å². The van der Waals surface area contributed by atoms with E-state index in [0.29, 0.717) is 11.0 Å². The first-order valence-electron chi connectivity index (χ1n) is 11.5. The first kappa shape index (κ1) is 21.2. The van der Waals surface area contributed by atoms with Gasteiger partial charge in [-0.25, -0.2) is 4.98 Å². The van der Waals surface area contributed by atoms with E-state index >= 15 is 0 Å². The van der Waals surface area contributed by atoms with Gasteiger partial charge in [-0.15, -0.1) is 0 Å². The number of nitrogens with one attached hydrogen (secondary N) is 1. The molecule has 168 valence electrons. The van der Waals surface area contributed by atoms with E-state index in [1.807, 2.05) is 61.7 Å². The zero-order valence-electron chi connectivity index (χ0n) is 19.3. The Morgan fingerprint density at radius 1 is 1.09 bits per heavy atom. The number of rotatable bonds is 4. The average molecular weight is 441 g/mol. The van der Waals surface area contributed by atoms with Crippen LogP contribution in [0.15, 0.2) is 59.7 Å². The Balaban J connectivity index is 1.45. The summed E-state index contributed by atoms with van der Waals surface area (Å²) in [6.45, 7) is 5.93. The molecular formula is C27H28N4O2. The minimum Gasteiger partial charge on any atom is -0.348 e. The predicted octanol–water partition coefficient (Wildman–Crippen LogP) is 4.31. The Kier molecular flexibility index (Phi) is 5.36. The molecule has 0 saturated carbocycles. The monoisotopic (exact) mass is 440 g/mol.